The summed E-state index contributed by atoms with van der Waals surface area (Å²) in [4.78, 5) is 29.3. The Labute approximate surface area is 162 Å². The van der Waals surface area contributed by atoms with E-state index in [1.165, 1.54) is 0 Å². The van der Waals surface area contributed by atoms with Crippen molar-refractivity contribution in [3.63, 3.8) is 0 Å². The van der Waals surface area contributed by atoms with Crippen molar-refractivity contribution in [2.45, 2.75) is 25.4 Å². The Morgan fingerprint density at radius 1 is 1.11 bits per heavy atom. The number of nitrogens with zero attached hydrogens (tertiary/aromatic N) is 2. The van der Waals surface area contributed by atoms with Gasteiger partial charge in [-0.25, -0.2) is 0 Å². The van der Waals surface area contributed by atoms with Crippen LogP contribution in [0, 0.1) is 0 Å². The molecule has 1 aromatic heterocycles. The summed E-state index contributed by atoms with van der Waals surface area (Å²) >= 11 is 1.59. The van der Waals surface area contributed by atoms with Crippen molar-refractivity contribution in [1.29, 1.82) is 0 Å². The molecule has 2 aliphatic rings. The average molecular weight is 382 g/mol. The van der Waals surface area contributed by atoms with Crippen molar-refractivity contribution in [1.82, 2.24) is 4.90 Å². The first kappa shape index (κ1) is 17.8. The second kappa shape index (κ2) is 7.96. The molecule has 5 nitrogen and oxygen atoms in total. The molecule has 1 atom stereocenters. The Bertz CT molecular complexity index is 841. The van der Waals surface area contributed by atoms with E-state index in [0.717, 1.165) is 37.9 Å². The van der Waals surface area contributed by atoms with Crippen molar-refractivity contribution >= 4 is 34.9 Å². The average Bonchev–Trinajstić information content (AvgIpc) is 3.25. The van der Waals surface area contributed by atoms with Crippen molar-refractivity contribution in [3.8, 4) is 5.75 Å². The van der Waals surface area contributed by atoms with E-state index in [1.54, 1.807) is 28.4 Å². The van der Waals surface area contributed by atoms with Crippen LogP contribution in [0.25, 0.3) is 6.08 Å². The largest absolute Gasteiger partial charge is 0.476 e. The molecule has 1 unspecified atom stereocenters. The number of para-hydroxylation sites is 2. The third kappa shape index (κ3) is 3.90. The van der Waals surface area contributed by atoms with Crippen LogP contribution in [0.1, 0.15) is 24.8 Å². The summed E-state index contributed by atoms with van der Waals surface area (Å²) in [5.41, 5.74) is 1.70. The van der Waals surface area contributed by atoms with E-state index in [0.29, 0.717) is 11.4 Å². The van der Waals surface area contributed by atoms with Gasteiger partial charge in [0.05, 0.1) is 12.2 Å². The number of likely N-dealkylation sites (tertiary alicyclic amines) is 1. The molecular formula is C21H22N2O3S. The monoisotopic (exact) mass is 382 g/mol. The summed E-state index contributed by atoms with van der Waals surface area (Å²) in [5, 5.41) is 3.96. The Kier molecular flexibility index (Phi) is 5.25. The lowest BCUT2D eigenvalue weighted by Gasteiger charge is -2.37. The molecule has 1 fully saturated rings. The van der Waals surface area contributed by atoms with Gasteiger partial charge < -0.3 is 14.5 Å². The van der Waals surface area contributed by atoms with Crippen LogP contribution in [0.4, 0.5) is 5.69 Å². The predicted molar refractivity (Wildman–Crippen MR) is 107 cm³/mol. The maximum Gasteiger partial charge on any atom is 0.265 e. The lowest BCUT2D eigenvalue weighted by Crippen LogP contribution is -2.52. The highest BCUT2D eigenvalue weighted by Gasteiger charge is 2.35. The topological polar surface area (TPSA) is 49.9 Å². The van der Waals surface area contributed by atoms with Crippen LogP contribution in [0.2, 0.25) is 0 Å². The quantitative estimate of drug-likeness (QED) is 0.763. The molecule has 0 radical (unpaired) electrons. The summed E-state index contributed by atoms with van der Waals surface area (Å²) in [6.07, 6.45) is 5.93. The number of carbonyl (C=O) groups is 2. The number of benzene rings is 1. The number of amides is 2. The second-order valence-electron chi connectivity index (χ2n) is 6.80. The van der Waals surface area contributed by atoms with Crippen LogP contribution in [0.5, 0.6) is 5.75 Å². The van der Waals surface area contributed by atoms with Gasteiger partial charge in [-0.05, 0) is 59.9 Å². The molecule has 0 bridgehead atoms. The first-order valence-corrected chi connectivity index (χ1v) is 10.2. The summed E-state index contributed by atoms with van der Waals surface area (Å²) in [6, 6.07) is 9.36. The highest BCUT2D eigenvalue weighted by molar-refractivity contribution is 7.08. The second-order valence-corrected chi connectivity index (χ2v) is 7.58. The third-order valence-corrected chi connectivity index (χ3v) is 5.65. The van der Waals surface area contributed by atoms with Gasteiger partial charge in [-0.15, -0.1) is 0 Å². The predicted octanol–water partition coefficient (Wildman–Crippen LogP) is 3.57. The third-order valence-electron chi connectivity index (χ3n) is 4.94. The van der Waals surface area contributed by atoms with E-state index in [-0.39, 0.29) is 18.4 Å². The Morgan fingerprint density at radius 2 is 1.93 bits per heavy atom. The molecule has 0 aliphatic carbocycles. The minimum atomic E-state index is -0.656. The Balaban J connectivity index is 1.56. The fourth-order valence-electron chi connectivity index (χ4n) is 3.52. The van der Waals surface area contributed by atoms with E-state index in [9.17, 15) is 9.59 Å². The lowest BCUT2D eigenvalue weighted by atomic mass is 10.1. The lowest BCUT2D eigenvalue weighted by molar-refractivity contribution is -0.139. The van der Waals surface area contributed by atoms with Gasteiger partial charge >= 0.3 is 0 Å². The molecule has 4 rings (SSSR count). The van der Waals surface area contributed by atoms with Gasteiger partial charge in [0.2, 0.25) is 0 Å². The molecule has 0 N–H and O–H groups in total. The number of carbonyl (C=O) groups excluding carboxylic acids is 2. The summed E-state index contributed by atoms with van der Waals surface area (Å²) in [7, 11) is 0. The van der Waals surface area contributed by atoms with Crippen molar-refractivity contribution < 1.29 is 14.3 Å². The van der Waals surface area contributed by atoms with Gasteiger partial charge in [0, 0.05) is 19.2 Å². The van der Waals surface area contributed by atoms with Crippen LogP contribution in [-0.2, 0) is 9.59 Å². The minimum Gasteiger partial charge on any atom is -0.476 e. The van der Waals surface area contributed by atoms with Crippen LogP contribution in [-0.4, -0.2) is 42.5 Å². The smallest absolute Gasteiger partial charge is 0.265 e. The van der Waals surface area contributed by atoms with Crippen molar-refractivity contribution in [3.05, 3.63) is 52.7 Å². The fourth-order valence-corrected chi connectivity index (χ4v) is 4.15. The SMILES string of the molecule is O=C(C1CN(C(=O)/C=C/c2ccsc2)c2ccccc2O1)N1CCCCC1. The molecule has 3 heterocycles. The van der Waals surface area contributed by atoms with Crippen LogP contribution in [0.15, 0.2) is 47.2 Å². The number of anilines is 1. The van der Waals surface area contributed by atoms with Crippen LogP contribution < -0.4 is 9.64 Å². The summed E-state index contributed by atoms with van der Waals surface area (Å²) < 4.78 is 5.97. The molecular weight excluding hydrogens is 360 g/mol. The number of thiophene rings is 1. The van der Waals surface area contributed by atoms with Gasteiger partial charge in [0.25, 0.3) is 11.8 Å². The van der Waals surface area contributed by atoms with E-state index >= 15 is 0 Å². The number of hydrogen-bond donors (Lipinski definition) is 0. The summed E-state index contributed by atoms with van der Waals surface area (Å²) in [5.74, 6) is 0.411. The van der Waals surface area contributed by atoms with Gasteiger partial charge in [-0.2, -0.15) is 11.3 Å². The van der Waals surface area contributed by atoms with E-state index in [2.05, 4.69) is 0 Å². The van der Waals surface area contributed by atoms with Gasteiger partial charge in [0.15, 0.2) is 6.10 Å². The molecule has 1 aromatic carbocycles. The summed E-state index contributed by atoms with van der Waals surface area (Å²) in [6.45, 7) is 1.78. The minimum absolute atomic E-state index is 0.0242. The molecule has 2 aliphatic heterocycles. The standard InChI is InChI=1S/C21H22N2O3S/c24-20(9-8-16-10-13-27-15-16)23-14-19(21(25)22-11-4-1-5-12-22)26-18-7-3-2-6-17(18)23/h2-3,6-10,13,15,19H,1,4-5,11-12,14H2/b9-8+. The molecule has 2 aromatic rings. The number of fused-ring (bicyclic) bond motifs is 1. The first-order valence-electron chi connectivity index (χ1n) is 9.28. The number of rotatable bonds is 3. The van der Waals surface area contributed by atoms with E-state index in [4.69, 9.17) is 4.74 Å². The normalized spacial score (nSPS) is 19.6. The Morgan fingerprint density at radius 3 is 2.70 bits per heavy atom. The van der Waals surface area contributed by atoms with E-state index < -0.39 is 6.10 Å². The zero-order valence-electron chi connectivity index (χ0n) is 15.0. The molecule has 0 spiro atoms. The van der Waals surface area contributed by atoms with Crippen LogP contribution >= 0.6 is 11.3 Å². The van der Waals surface area contributed by atoms with Gasteiger partial charge in [0.1, 0.15) is 5.75 Å². The maximum atomic E-state index is 12.9. The zero-order valence-corrected chi connectivity index (χ0v) is 15.9. The highest BCUT2D eigenvalue weighted by atomic mass is 32.1. The van der Waals surface area contributed by atoms with Crippen LogP contribution in [0.3, 0.4) is 0 Å². The fraction of sp³-hybridized carbons (Fsp3) is 0.333. The number of piperidine rings is 1. The molecule has 0 saturated carbocycles. The van der Waals surface area contributed by atoms with Crippen molar-refractivity contribution in [2.75, 3.05) is 24.5 Å². The van der Waals surface area contributed by atoms with E-state index in [1.807, 2.05) is 46.0 Å². The zero-order chi connectivity index (χ0) is 18.6. The van der Waals surface area contributed by atoms with Gasteiger partial charge in [-0.1, -0.05) is 12.1 Å². The van der Waals surface area contributed by atoms with Gasteiger partial charge in [-0.3, -0.25) is 9.59 Å². The van der Waals surface area contributed by atoms with Crippen molar-refractivity contribution in [2.24, 2.45) is 0 Å². The molecule has 140 valence electrons. The Hall–Kier alpha value is -2.60. The molecule has 27 heavy (non-hydrogen) atoms. The first-order chi connectivity index (χ1) is 13.2. The molecule has 6 heteroatoms. The highest BCUT2D eigenvalue weighted by Crippen LogP contribution is 2.34. The maximum absolute atomic E-state index is 12.9. The molecule has 1 saturated heterocycles. The molecule has 2 amide bonds. The number of ether oxygens (including phenoxy) is 1. The number of hydrogen-bond acceptors (Lipinski definition) is 4.